The van der Waals surface area contributed by atoms with E-state index in [4.69, 9.17) is 4.74 Å². The minimum atomic E-state index is -0.169. The number of nitrogens with zero attached hydrogens (tertiary/aromatic N) is 1. The lowest BCUT2D eigenvalue weighted by molar-refractivity contribution is -0.127. The number of hydrogen-bond acceptors (Lipinski definition) is 3. The first kappa shape index (κ1) is 16.6. The van der Waals surface area contributed by atoms with Crippen LogP contribution in [-0.4, -0.2) is 44.1 Å². The third kappa shape index (κ3) is 2.92. The fraction of sp³-hybridized carbons (Fsp3) is 0.556. The zero-order chi connectivity index (χ0) is 17.2. The van der Waals surface area contributed by atoms with Gasteiger partial charge in [0, 0.05) is 25.6 Å². The lowest BCUT2D eigenvalue weighted by Crippen LogP contribution is -2.38. The predicted molar refractivity (Wildman–Crippen MR) is 92.0 cm³/mol. The van der Waals surface area contributed by atoms with E-state index >= 15 is 0 Å². The first-order valence-electron chi connectivity index (χ1n) is 8.50. The minimum Gasteiger partial charge on any atom is -0.495 e. The molecule has 130 valence electrons. The Morgan fingerprint density at radius 2 is 1.96 bits per heavy atom. The van der Waals surface area contributed by atoms with Gasteiger partial charge in [0.05, 0.1) is 18.7 Å². The molecule has 1 atom stereocenters. The van der Waals surface area contributed by atoms with E-state index in [1.165, 1.54) is 0 Å². The number of rotatable bonds is 3. The van der Waals surface area contributed by atoms with Crippen LogP contribution in [0.4, 0.5) is 10.5 Å². The number of hydrogen-bond donors (Lipinski definition) is 2. The Morgan fingerprint density at radius 1 is 1.25 bits per heavy atom. The number of methoxy groups -OCH3 is 1. The van der Waals surface area contributed by atoms with Crippen LogP contribution >= 0.6 is 0 Å². The summed E-state index contributed by atoms with van der Waals surface area (Å²) in [5, 5.41) is 5.69. The molecule has 0 aromatic heterocycles. The molecule has 1 saturated carbocycles. The van der Waals surface area contributed by atoms with Crippen molar-refractivity contribution in [2.24, 2.45) is 11.3 Å². The van der Waals surface area contributed by atoms with Gasteiger partial charge in [-0.15, -0.1) is 0 Å². The summed E-state index contributed by atoms with van der Waals surface area (Å²) in [6, 6.07) is 7.17. The lowest BCUT2D eigenvalue weighted by atomic mass is 9.76. The van der Waals surface area contributed by atoms with Crippen LogP contribution in [0.25, 0.3) is 0 Å². The summed E-state index contributed by atoms with van der Waals surface area (Å²) < 4.78 is 5.28. The van der Waals surface area contributed by atoms with Gasteiger partial charge in [0.15, 0.2) is 0 Å². The van der Waals surface area contributed by atoms with Crippen molar-refractivity contribution in [3.8, 4) is 5.75 Å². The summed E-state index contributed by atoms with van der Waals surface area (Å²) in [6.45, 7) is 1.12. The van der Waals surface area contributed by atoms with E-state index < -0.39 is 0 Å². The number of benzene rings is 1. The van der Waals surface area contributed by atoms with Crippen molar-refractivity contribution in [1.29, 1.82) is 0 Å². The Labute approximate surface area is 142 Å². The van der Waals surface area contributed by atoms with Gasteiger partial charge in [0.2, 0.25) is 5.91 Å². The number of urea groups is 1. The van der Waals surface area contributed by atoms with Gasteiger partial charge in [-0.05, 0) is 25.0 Å². The highest BCUT2D eigenvalue weighted by Gasteiger charge is 2.52. The zero-order valence-electron chi connectivity index (χ0n) is 14.3. The van der Waals surface area contributed by atoms with Crippen molar-refractivity contribution in [3.63, 3.8) is 0 Å². The summed E-state index contributed by atoms with van der Waals surface area (Å²) in [6.07, 6.45) is 4.30. The van der Waals surface area contributed by atoms with Gasteiger partial charge in [-0.2, -0.15) is 0 Å². The highest BCUT2D eigenvalue weighted by Crippen LogP contribution is 2.49. The molecule has 2 N–H and O–H groups in total. The topological polar surface area (TPSA) is 70.7 Å². The smallest absolute Gasteiger partial charge is 0.321 e. The largest absolute Gasteiger partial charge is 0.495 e. The van der Waals surface area contributed by atoms with E-state index in [-0.39, 0.29) is 23.3 Å². The third-order valence-corrected chi connectivity index (χ3v) is 5.45. The predicted octanol–water partition coefficient (Wildman–Crippen LogP) is 2.47. The maximum atomic E-state index is 12.7. The molecular formula is C18H25N3O3. The average molecular weight is 331 g/mol. The summed E-state index contributed by atoms with van der Waals surface area (Å²) >= 11 is 0. The van der Waals surface area contributed by atoms with E-state index in [9.17, 15) is 9.59 Å². The van der Waals surface area contributed by atoms with Gasteiger partial charge < -0.3 is 20.3 Å². The van der Waals surface area contributed by atoms with E-state index in [2.05, 4.69) is 10.6 Å². The summed E-state index contributed by atoms with van der Waals surface area (Å²) in [5.41, 5.74) is 0.590. The molecule has 1 aromatic carbocycles. The zero-order valence-corrected chi connectivity index (χ0v) is 14.3. The monoisotopic (exact) mass is 331 g/mol. The molecule has 3 rings (SSSR count). The number of likely N-dealkylation sites (tertiary alicyclic amines) is 1. The molecule has 24 heavy (non-hydrogen) atoms. The molecule has 2 aliphatic rings. The van der Waals surface area contributed by atoms with Crippen molar-refractivity contribution in [1.82, 2.24) is 10.2 Å². The Morgan fingerprint density at radius 3 is 2.62 bits per heavy atom. The van der Waals surface area contributed by atoms with E-state index in [1.807, 2.05) is 24.3 Å². The van der Waals surface area contributed by atoms with E-state index in [1.54, 1.807) is 19.1 Å². The molecule has 1 saturated heterocycles. The molecule has 0 radical (unpaired) electrons. The number of ether oxygens (including phenoxy) is 1. The first-order valence-corrected chi connectivity index (χ1v) is 8.50. The molecule has 1 aromatic rings. The third-order valence-electron chi connectivity index (χ3n) is 5.45. The standard InChI is InChI=1S/C18H25N3O3/c1-19-16(22)13-11-21(12-18(13)9-5-6-10-18)17(23)20-14-7-3-4-8-15(14)24-2/h3-4,7-8,13H,5-6,9-12H2,1-2H3,(H,19,22)(H,20,23). The van der Waals surface area contributed by atoms with Gasteiger partial charge in [-0.25, -0.2) is 4.79 Å². The number of carbonyl (C=O) groups is 2. The number of amides is 3. The van der Waals surface area contributed by atoms with Gasteiger partial charge >= 0.3 is 6.03 Å². The average Bonchev–Trinajstić information content (AvgIpc) is 3.22. The van der Waals surface area contributed by atoms with E-state index in [0.717, 1.165) is 25.7 Å². The normalized spacial score (nSPS) is 21.8. The number of carbonyl (C=O) groups excluding carboxylic acids is 2. The molecule has 1 unspecified atom stereocenters. The summed E-state index contributed by atoms with van der Waals surface area (Å²) in [4.78, 5) is 26.8. The lowest BCUT2D eigenvalue weighted by Gasteiger charge is -2.28. The maximum Gasteiger partial charge on any atom is 0.321 e. The second kappa shape index (κ2) is 6.71. The molecule has 1 spiro atoms. The highest BCUT2D eigenvalue weighted by molar-refractivity contribution is 5.92. The fourth-order valence-electron chi connectivity index (χ4n) is 4.19. The summed E-state index contributed by atoms with van der Waals surface area (Å²) in [5.74, 6) is 0.557. The Hall–Kier alpha value is -2.24. The minimum absolute atomic E-state index is 0.0458. The van der Waals surface area contributed by atoms with Crippen LogP contribution in [0, 0.1) is 11.3 Å². The number of nitrogens with one attached hydrogen (secondary N) is 2. The molecule has 1 heterocycles. The quantitative estimate of drug-likeness (QED) is 0.894. The molecule has 0 bridgehead atoms. The molecule has 1 aliphatic heterocycles. The molecular weight excluding hydrogens is 306 g/mol. The van der Waals surface area contributed by atoms with Crippen LogP contribution in [0.2, 0.25) is 0 Å². The summed E-state index contributed by atoms with van der Waals surface area (Å²) in [7, 11) is 3.25. The van der Waals surface area contributed by atoms with Crippen LogP contribution in [0.5, 0.6) is 5.75 Å². The Balaban J connectivity index is 1.75. The van der Waals surface area contributed by atoms with Crippen molar-refractivity contribution in [2.75, 3.05) is 32.6 Å². The van der Waals surface area contributed by atoms with Gasteiger partial charge in [-0.1, -0.05) is 25.0 Å². The SMILES string of the molecule is CNC(=O)C1CN(C(=O)Nc2ccccc2OC)CC12CCCC2. The van der Waals surface area contributed by atoms with Crippen LogP contribution in [0.15, 0.2) is 24.3 Å². The highest BCUT2D eigenvalue weighted by atomic mass is 16.5. The van der Waals surface area contributed by atoms with Crippen molar-refractivity contribution in [2.45, 2.75) is 25.7 Å². The second-order valence-corrected chi connectivity index (χ2v) is 6.75. The molecule has 6 nitrogen and oxygen atoms in total. The van der Waals surface area contributed by atoms with Gasteiger partial charge in [-0.3, -0.25) is 4.79 Å². The second-order valence-electron chi connectivity index (χ2n) is 6.75. The van der Waals surface area contributed by atoms with Crippen molar-refractivity contribution in [3.05, 3.63) is 24.3 Å². The van der Waals surface area contributed by atoms with E-state index in [0.29, 0.717) is 24.5 Å². The van der Waals surface area contributed by atoms with Crippen LogP contribution in [-0.2, 0) is 4.79 Å². The number of anilines is 1. The molecule has 6 heteroatoms. The first-order chi connectivity index (χ1) is 11.6. The van der Waals surface area contributed by atoms with Crippen LogP contribution in [0.1, 0.15) is 25.7 Å². The Kier molecular flexibility index (Phi) is 4.64. The molecule has 1 aliphatic carbocycles. The fourth-order valence-corrected chi connectivity index (χ4v) is 4.19. The van der Waals surface area contributed by atoms with Crippen molar-refractivity contribution >= 4 is 17.6 Å². The van der Waals surface area contributed by atoms with Crippen LogP contribution in [0.3, 0.4) is 0 Å². The number of para-hydroxylation sites is 2. The van der Waals surface area contributed by atoms with Crippen molar-refractivity contribution < 1.29 is 14.3 Å². The van der Waals surface area contributed by atoms with Gasteiger partial charge in [0.1, 0.15) is 5.75 Å². The van der Waals surface area contributed by atoms with Crippen LogP contribution < -0.4 is 15.4 Å². The molecule has 3 amide bonds. The maximum absolute atomic E-state index is 12.7. The van der Waals surface area contributed by atoms with Gasteiger partial charge in [0.25, 0.3) is 0 Å². The Bertz CT molecular complexity index is 626. The molecule has 2 fully saturated rings.